The molecule has 0 spiro atoms. The van der Waals surface area contributed by atoms with Crippen molar-refractivity contribution in [2.24, 2.45) is 0 Å². The summed E-state index contributed by atoms with van der Waals surface area (Å²) in [5, 5.41) is 28.7. The highest BCUT2D eigenvalue weighted by atomic mass is 16.7. The Bertz CT molecular complexity index is 693. The Balaban J connectivity index is 1.74. The average Bonchev–Trinajstić information content (AvgIpc) is 2.87. The summed E-state index contributed by atoms with van der Waals surface area (Å²) in [4.78, 5) is 29.0. The number of carboxylic acid groups (broad SMARTS) is 1. The number of aliphatic carboxylic acids is 1. The van der Waals surface area contributed by atoms with Crippen molar-refractivity contribution in [1.82, 2.24) is 9.88 Å². The van der Waals surface area contributed by atoms with Crippen LogP contribution in [0.15, 0.2) is 36.4 Å². The molecule has 1 amide bonds. The van der Waals surface area contributed by atoms with E-state index in [2.05, 4.69) is 4.98 Å². The Morgan fingerprint density at radius 3 is 2.84 bits per heavy atom. The van der Waals surface area contributed by atoms with Crippen molar-refractivity contribution in [3.05, 3.63) is 41.9 Å². The highest BCUT2D eigenvalue weighted by Crippen LogP contribution is 2.34. The molecule has 9 heteroatoms. The van der Waals surface area contributed by atoms with E-state index in [1.807, 2.05) is 6.07 Å². The fraction of sp³-hybridized carbons (Fsp3) is 0.438. The number of rotatable bonds is 4. The third-order valence-corrected chi connectivity index (χ3v) is 4.30. The molecule has 2 aliphatic rings. The number of ether oxygens (including phenoxy) is 2. The monoisotopic (exact) mass is 350 g/mol. The Morgan fingerprint density at radius 1 is 1.44 bits per heavy atom. The van der Waals surface area contributed by atoms with Gasteiger partial charge >= 0.3 is 5.97 Å². The van der Waals surface area contributed by atoms with Crippen LogP contribution in [0.4, 0.5) is 0 Å². The van der Waals surface area contributed by atoms with E-state index in [0.717, 1.165) is 11.6 Å². The largest absolute Gasteiger partial charge is 0.475 e. The van der Waals surface area contributed by atoms with Crippen LogP contribution in [0.25, 0.3) is 0 Å². The van der Waals surface area contributed by atoms with Crippen molar-refractivity contribution < 1.29 is 34.4 Å². The predicted molar refractivity (Wildman–Crippen MR) is 81.8 cm³/mol. The van der Waals surface area contributed by atoms with Crippen LogP contribution >= 0.6 is 0 Å². The van der Waals surface area contributed by atoms with Crippen LogP contribution in [0, 0.1) is 0 Å². The number of pyridine rings is 1. The van der Waals surface area contributed by atoms with Crippen LogP contribution in [0.2, 0.25) is 0 Å². The van der Waals surface area contributed by atoms with E-state index in [4.69, 9.17) is 14.6 Å². The van der Waals surface area contributed by atoms with Crippen molar-refractivity contribution in [3.8, 4) is 0 Å². The SMILES string of the molecule is CN1C(=O)[C@H](O[C@@H]2OC(C(=O)O)=C[C@H](O)[C@@H]2O)C[C@H]1c1cccnc1. The topological polar surface area (TPSA) is 129 Å². The summed E-state index contributed by atoms with van der Waals surface area (Å²) in [7, 11) is 1.62. The van der Waals surface area contributed by atoms with Gasteiger partial charge in [-0.25, -0.2) is 4.79 Å². The molecule has 0 radical (unpaired) electrons. The number of carbonyl (C=O) groups excluding carboxylic acids is 1. The van der Waals surface area contributed by atoms with Crippen LogP contribution in [-0.4, -0.2) is 68.7 Å². The Labute approximate surface area is 143 Å². The molecule has 25 heavy (non-hydrogen) atoms. The van der Waals surface area contributed by atoms with Gasteiger partial charge in [-0.05, 0) is 17.7 Å². The van der Waals surface area contributed by atoms with Gasteiger partial charge in [-0.3, -0.25) is 9.78 Å². The summed E-state index contributed by atoms with van der Waals surface area (Å²) in [6.45, 7) is 0. The van der Waals surface area contributed by atoms with E-state index in [1.54, 1.807) is 25.5 Å². The van der Waals surface area contributed by atoms with Crippen LogP contribution in [-0.2, 0) is 19.1 Å². The van der Waals surface area contributed by atoms with Gasteiger partial charge in [0.2, 0.25) is 12.0 Å². The van der Waals surface area contributed by atoms with Crippen LogP contribution in [0.1, 0.15) is 18.0 Å². The predicted octanol–water partition coefficient (Wildman–Crippen LogP) is -0.583. The molecular formula is C16H18N2O7. The first-order valence-corrected chi connectivity index (χ1v) is 7.68. The number of likely N-dealkylation sites (tertiary alicyclic amines) is 1. The van der Waals surface area contributed by atoms with Gasteiger partial charge in [0.15, 0.2) is 0 Å². The van der Waals surface area contributed by atoms with Crippen LogP contribution < -0.4 is 0 Å². The maximum Gasteiger partial charge on any atom is 0.371 e. The second kappa shape index (κ2) is 6.79. The summed E-state index contributed by atoms with van der Waals surface area (Å²) in [6, 6.07) is 3.34. The molecule has 134 valence electrons. The molecule has 0 saturated carbocycles. The summed E-state index contributed by atoms with van der Waals surface area (Å²) in [5.74, 6) is -2.27. The van der Waals surface area contributed by atoms with Crippen molar-refractivity contribution in [2.45, 2.75) is 37.1 Å². The number of nitrogens with zero attached hydrogens (tertiary/aromatic N) is 2. The molecule has 1 saturated heterocycles. The summed E-state index contributed by atoms with van der Waals surface area (Å²) in [5.41, 5.74) is 0.834. The van der Waals surface area contributed by atoms with Crippen LogP contribution in [0.5, 0.6) is 0 Å². The molecule has 1 aromatic heterocycles. The number of amides is 1. The maximum atomic E-state index is 12.4. The quantitative estimate of drug-likeness (QED) is 0.657. The highest BCUT2D eigenvalue weighted by molar-refractivity contribution is 5.85. The Hall–Kier alpha value is -2.49. The number of likely N-dealkylation sites (N-methyl/N-ethyl adjacent to an activating group) is 1. The second-order valence-electron chi connectivity index (χ2n) is 5.92. The van der Waals surface area contributed by atoms with Gasteiger partial charge in [0, 0.05) is 25.9 Å². The molecule has 1 aromatic rings. The Morgan fingerprint density at radius 2 is 2.20 bits per heavy atom. The van der Waals surface area contributed by atoms with Gasteiger partial charge in [-0.2, -0.15) is 0 Å². The van der Waals surface area contributed by atoms with Gasteiger partial charge in [0.1, 0.15) is 18.3 Å². The molecule has 0 bridgehead atoms. The zero-order valence-electron chi connectivity index (χ0n) is 13.3. The molecule has 3 N–H and O–H groups in total. The zero-order chi connectivity index (χ0) is 18.1. The van der Waals surface area contributed by atoms with E-state index < -0.39 is 36.3 Å². The average molecular weight is 350 g/mol. The summed E-state index contributed by atoms with van der Waals surface area (Å²) < 4.78 is 10.6. The molecule has 0 unspecified atom stereocenters. The molecule has 9 nitrogen and oxygen atoms in total. The molecule has 0 aromatic carbocycles. The minimum Gasteiger partial charge on any atom is -0.475 e. The highest BCUT2D eigenvalue weighted by Gasteiger charge is 2.44. The van der Waals surface area contributed by atoms with E-state index in [-0.39, 0.29) is 18.4 Å². The number of carbonyl (C=O) groups is 2. The smallest absolute Gasteiger partial charge is 0.371 e. The fourth-order valence-corrected chi connectivity index (χ4v) is 2.93. The number of aromatic nitrogens is 1. The van der Waals surface area contributed by atoms with Crippen molar-refractivity contribution >= 4 is 11.9 Å². The first-order valence-electron chi connectivity index (χ1n) is 7.68. The second-order valence-corrected chi connectivity index (χ2v) is 5.92. The first-order chi connectivity index (χ1) is 11.9. The van der Waals surface area contributed by atoms with E-state index in [9.17, 15) is 19.8 Å². The molecule has 5 atom stereocenters. The molecule has 3 heterocycles. The van der Waals surface area contributed by atoms with Crippen molar-refractivity contribution in [3.63, 3.8) is 0 Å². The Kier molecular flexibility index (Phi) is 4.71. The maximum absolute atomic E-state index is 12.4. The van der Waals surface area contributed by atoms with Crippen LogP contribution in [0.3, 0.4) is 0 Å². The number of hydrogen-bond acceptors (Lipinski definition) is 7. The zero-order valence-corrected chi connectivity index (χ0v) is 13.3. The van der Waals surface area contributed by atoms with E-state index >= 15 is 0 Å². The number of carboxylic acids is 1. The van der Waals surface area contributed by atoms with Crippen molar-refractivity contribution in [1.29, 1.82) is 0 Å². The number of aliphatic hydroxyl groups is 2. The minimum absolute atomic E-state index is 0.258. The fourth-order valence-electron chi connectivity index (χ4n) is 2.93. The van der Waals surface area contributed by atoms with Gasteiger partial charge in [0.25, 0.3) is 5.91 Å². The third kappa shape index (κ3) is 3.34. The number of hydrogen-bond donors (Lipinski definition) is 3. The molecule has 3 rings (SSSR count). The molecule has 0 aliphatic carbocycles. The lowest BCUT2D eigenvalue weighted by Gasteiger charge is -2.31. The standard InChI is InChI=1S/C16H18N2O7/c1-18-9(8-3-2-4-17-7-8)5-11(14(18)21)24-16-13(20)10(19)6-12(25-16)15(22)23/h2-4,6-7,9-11,13,16,19-20H,5H2,1H3,(H,22,23)/t9-,10-,11+,13-,16+/m0/s1. The third-order valence-electron chi connectivity index (χ3n) is 4.30. The molecular weight excluding hydrogens is 332 g/mol. The van der Waals surface area contributed by atoms with E-state index in [1.165, 1.54) is 4.90 Å². The van der Waals surface area contributed by atoms with Gasteiger partial charge in [-0.15, -0.1) is 0 Å². The van der Waals surface area contributed by atoms with Gasteiger partial charge in [-0.1, -0.05) is 6.07 Å². The summed E-state index contributed by atoms with van der Waals surface area (Å²) >= 11 is 0. The van der Waals surface area contributed by atoms with Gasteiger partial charge < -0.3 is 29.7 Å². The number of aliphatic hydroxyl groups excluding tert-OH is 2. The lowest BCUT2D eigenvalue weighted by atomic mass is 10.1. The first kappa shape index (κ1) is 17.3. The van der Waals surface area contributed by atoms with Gasteiger partial charge in [0.05, 0.1) is 6.04 Å². The minimum atomic E-state index is -1.50. The molecule has 2 aliphatic heterocycles. The van der Waals surface area contributed by atoms with Crippen molar-refractivity contribution in [2.75, 3.05) is 7.05 Å². The molecule has 1 fully saturated rings. The van der Waals surface area contributed by atoms with E-state index in [0.29, 0.717) is 0 Å². The lowest BCUT2D eigenvalue weighted by Crippen LogP contribution is -2.46. The normalized spacial score (nSPS) is 32.3. The summed E-state index contributed by atoms with van der Waals surface area (Å²) in [6.07, 6.45) is -0.911. The lowest BCUT2D eigenvalue weighted by molar-refractivity contribution is -0.223.